The zero-order valence-corrected chi connectivity index (χ0v) is 10.9. The Morgan fingerprint density at radius 2 is 2.19 bits per heavy atom. The van der Waals surface area contributed by atoms with Crippen molar-refractivity contribution in [1.29, 1.82) is 0 Å². The molecule has 0 aliphatic heterocycles. The Bertz CT molecular complexity index is 293. The van der Waals surface area contributed by atoms with Crippen LogP contribution in [-0.4, -0.2) is 25.0 Å². The zero-order valence-electron chi connectivity index (χ0n) is 10.9. The second-order valence-electron chi connectivity index (χ2n) is 5.22. The lowest BCUT2D eigenvalue weighted by Gasteiger charge is -2.33. The molecule has 0 aliphatic rings. The second kappa shape index (κ2) is 5.51. The van der Waals surface area contributed by atoms with E-state index in [2.05, 4.69) is 32.7 Å². The molecule has 1 aromatic heterocycles. The highest BCUT2D eigenvalue weighted by Crippen LogP contribution is 2.26. The summed E-state index contributed by atoms with van der Waals surface area (Å²) in [5.41, 5.74) is 5.91. The van der Waals surface area contributed by atoms with Crippen molar-refractivity contribution in [3.8, 4) is 0 Å². The Morgan fingerprint density at radius 1 is 1.50 bits per heavy atom. The van der Waals surface area contributed by atoms with Crippen molar-refractivity contribution in [2.75, 3.05) is 20.1 Å². The lowest BCUT2D eigenvalue weighted by Crippen LogP contribution is -2.38. The van der Waals surface area contributed by atoms with Gasteiger partial charge in [-0.25, -0.2) is 0 Å². The number of hydrogen-bond donors (Lipinski definition) is 1. The summed E-state index contributed by atoms with van der Waals surface area (Å²) in [6, 6.07) is 4.33. The molecule has 1 unspecified atom stereocenters. The highest BCUT2D eigenvalue weighted by Gasteiger charge is 2.24. The fourth-order valence-corrected chi connectivity index (χ4v) is 2.06. The smallest absolute Gasteiger partial charge is 0.120 e. The molecule has 0 saturated carbocycles. The summed E-state index contributed by atoms with van der Waals surface area (Å²) in [6.45, 7) is 8.24. The Balaban J connectivity index is 2.67. The Labute approximate surface area is 98.6 Å². The van der Waals surface area contributed by atoms with Crippen molar-refractivity contribution in [1.82, 2.24) is 4.90 Å². The maximum absolute atomic E-state index is 5.76. The fourth-order valence-electron chi connectivity index (χ4n) is 2.06. The van der Waals surface area contributed by atoms with Crippen molar-refractivity contribution in [3.05, 3.63) is 24.2 Å². The van der Waals surface area contributed by atoms with Gasteiger partial charge >= 0.3 is 0 Å². The van der Waals surface area contributed by atoms with Crippen LogP contribution in [0.5, 0.6) is 0 Å². The van der Waals surface area contributed by atoms with Gasteiger partial charge in [0.25, 0.3) is 0 Å². The quantitative estimate of drug-likeness (QED) is 0.807. The minimum atomic E-state index is 0.148. The van der Waals surface area contributed by atoms with Gasteiger partial charge < -0.3 is 10.2 Å². The van der Waals surface area contributed by atoms with E-state index in [0.29, 0.717) is 12.6 Å². The summed E-state index contributed by atoms with van der Waals surface area (Å²) in [6.07, 6.45) is 2.78. The van der Waals surface area contributed by atoms with Crippen LogP contribution in [0.25, 0.3) is 0 Å². The summed E-state index contributed by atoms with van der Waals surface area (Å²) >= 11 is 0. The summed E-state index contributed by atoms with van der Waals surface area (Å²) in [7, 11) is 2.13. The van der Waals surface area contributed by atoms with Crippen molar-refractivity contribution in [2.45, 2.75) is 33.2 Å². The first kappa shape index (κ1) is 13.3. The molecule has 92 valence electrons. The SMILES string of the molecule is CCC(c1ccco1)N(C)CC(C)(C)CN. The van der Waals surface area contributed by atoms with Crippen LogP contribution >= 0.6 is 0 Å². The van der Waals surface area contributed by atoms with Crippen LogP contribution in [0.3, 0.4) is 0 Å². The van der Waals surface area contributed by atoms with Crippen LogP contribution in [0.1, 0.15) is 39.0 Å². The summed E-state index contributed by atoms with van der Waals surface area (Å²) in [5.74, 6) is 1.04. The number of furan rings is 1. The van der Waals surface area contributed by atoms with Gasteiger partial charge in [0.2, 0.25) is 0 Å². The third-order valence-corrected chi connectivity index (χ3v) is 3.02. The molecular weight excluding hydrogens is 200 g/mol. The molecule has 0 amide bonds. The molecule has 1 heterocycles. The van der Waals surface area contributed by atoms with E-state index in [4.69, 9.17) is 10.2 Å². The highest BCUT2D eigenvalue weighted by atomic mass is 16.3. The third-order valence-electron chi connectivity index (χ3n) is 3.02. The van der Waals surface area contributed by atoms with Crippen LogP contribution in [0.4, 0.5) is 0 Å². The summed E-state index contributed by atoms with van der Waals surface area (Å²) in [5, 5.41) is 0. The fraction of sp³-hybridized carbons (Fsp3) is 0.692. The monoisotopic (exact) mass is 224 g/mol. The van der Waals surface area contributed by atoms with E-state index < -0.39 is 0 Å². The summed E-state index contributed by atoms with van der Waals surface area (Å²) in [4.78, 5) is 2.33. The minimum Gasteiger partial charge on any atom is -0.468 e. The maximum Gasteiger partial charge on any atom is 0.120 e. The summed E-state index contributed by atoms with van der Waals surface area (Å²) < 4.78 is 5.48. The molecule has 0 fully saturated rings. The number of rotatable bonds is 6. The first-order chi connectivity index (χ1) is 7.50. The van der Waals surface area contributed by atoms with E-state index >= 15 is 0 Å². The van der Waals surface area contributed by atoms with E-state index in [1.54, 1.807) is 6.26 Å². The van der Waals surface area contributed by atoms with Gasteiger partial charge in [0.1, 0.15) is 5.76 Å². The third kappa shape index (κ3) is 3.35. The van der Waals surface area contributed by atoms with E-state index in [0.717, 1.165) is 18.7 Å². The molecule has 16 heavy (non-hydrogen) atoms. The van der Waals surface area contributed by atoms with Crippen LogP contribution in [-0.2, 0) is 0 Å². The average Bonchev–Trinajstić information content (AvgIpc) is 2.71. The van der Waals surface area contributed by atoms with Crippen LogP contribution < -0.4 is 5.73 Å². The molecule has 3 nitrogen and oxygen atoms in total. The van der Waals surface area contributed by atoms with Crippen molar-refractivity contribution in [2.24, 2.45) is 11.1 Å². The van der Waals surface area contributed by atoms with Crippen molar-refractivity contribution in [3.63, 3.8) is 0 Å². The minimum absolute atomic E-state index is 0.148. The lowest BCUT2D eigenvalue weighted by molar-refractivity contribution is 0.146. The van der Waals surface area contributed by atoms with Gasteiger partial charge in [-0.15, -0.1) is 0 Å². The van der Waals surface area contributed by atoms with Gasteiger partial charge in [-0.05, 0) is 37.6 Å². The topological polar surface area (TPSA) is 42.4 Å². The zero-order chi connectivity index (χ0) is 12.2. The molecule has 0 saturated heterocycles. The molecule has 0 aromatic carbocycles. The molecule has 0 radical (unpaired) electrons. The predicted molar refractivity (Wildman–Crippen MR) is 67.2 cm³/mol. The van der Waals surface area contributed by atoms with E-state index in [1.807, 2.05) is 12.1 Å². The van der Waals surface area contributed by atoms with E-state index in [1.165, 1.54) is 0 Å². The van der Waals surface area contributed by atoms with Gasteiger partial charge in [-0.3, -0.25) is 4.90 Å². The molecular formula is C13H24N2O. The lowest BCUT2D eigenvalue weighted by atomic mass is 9.92. The van der Waals surface area contributed by atoms with Gasteiger partial charge in [0.05, 0.1) is 12.3 Å². The molecule has 0 aliphatic carbocycles. The predicted octanol–water partition coefficient (Wildman–Crippen LogP) is 2.65. The molecule has 1 aromatic rings. The van der Waals surface area contributed by atoms with E-state index in [9.17, 15) is 0 Å². The first-order valence-corrected chi connectivity index (χ1v) is 5.94. The van der Waals surface area contributed by atoms with Gasteiger partial charge in [0.15, 0.2) is 0 Å². The molecule has 2 N–H and O–H groups in total. The van der Waals surface area contributed by atoms with Gasteiger partial charge in [-0.2, -0.15) is 0 Å². The first-order valence-electron chi connectivity index (χ1n) is 5.94. The molecule has 3 heteroatoms. The normalized spacial score (nSPS) is 14.4. The van der Waals surface area contributed by atoms with Crippen LogP contribution in [0.2, 0.25) is 0 Å². The van der Waals surface area contributed by atoms with Crippen LogP contribution in [0, 0.1) is 5.41 Å². The Kier molecular flexibility index (Phi) is 4.56. The van der Waals surface area contributed by atoms with Crippen LogP contribution in [0.15, 0.2) is 22.8 Å². The molecule has 1 rings (SSSR count). The highest BCUT2D eigenvalue weighted by molar-refractivity contribution is 5.04. The number of nitrogens with two attached hydrogens (primary N) is 1. The van der Waals surface area contributed by atoms with E-state index in [-0.39, 0.29) is 5.41 Å². The van der Waals surface area contributed by atoms with Gasteiger partial charge in [-0.1, -0.05) is 20.8 Å². The Morgan fingerprint density at radius 3 is 2.62 bits per heavy atom. The van der Waals surface area contributed by atoms with Crippen molar-refractivity contribution < 1.29 is 4.42 Å². The number of hydrogen-bond acceptors (Lipinski definition) is 3. The molecule has 0 spiro atoms. The van der Waals surface area contributed by atoms with Gasteiger partial charge in [0, 0.05) is 6.54 Å². The van der Waals surface area contributed by atoms with Crippen molar-refractivity contribution >= 4 is 0 Å². The average molecular weight is 224 g/mol. The number of nitrogens with zero attached hydrogens (tertiary/aromatic N) is 1. The largest absolute Gasteiger partial charge is 0.468 e. The maximum atomic E-state index is 5.76. The molecule has 0 bridgehead atoms. The second-order valence-corrected chi connectivity index (χ2v) is 5.22. The standard InChI is InChI=1S/C13H24N2O/c1-5-11(12-7-6-8-16-12)15(4)10-13(2,3)9-14/h6-8,11H,5,9-10,14H2,1-4H3. The Hall–Kier alpha value is -0.800. The molecule has 1 atom stereocenters.